The second kappa shape index (κ2) is 8.62. The van der Waals surface area contributed by atoms with Crippen LogP contribution in [0.5, 0.6) is 0 Å². The first-order chi connectivity index (χ1) is 10.6. The highest BCUT2D eigenvalue weighted by atomic mass is 16.3. The molecule has 1 aliphatic rings. The second-order valence-corrected chi connectivity index (χ2v) is 7.23. The standard InChI is InChI=1S/C20H32O3/c1-14(2)17-9-8-15(3)7-6-10-20(5,23)13-18(21)11-16(4)19(22)12-17/h6,8,10-11,17-19,21-23H,1,7,9,12-13H2,2-5H3/b10-6+,15-8+,16-11+/t17-,18-,19-,20-/m0/s1. The lowest BCUT2D eigenvalue weighted by atomic mass is 9.87. The van der Waals surface area contributed by atoms with Gasteiger partial charge in [0.1, 0.15) is 0 Å². The van der Waals surface area contributed by atoms with Crippen LogP contribution in [0.4, 0.5) is 0 Å². The fourth-order valence-electron chi connectivity index (χ4n) is 2.84. The number of rotatable bonds is 1. The smallest absolute Gasteiger partial charge is 0.0827 e. The highest BCUT2D eigenvalue weighted by Gasteiger charge is 2.22. The van der Waals surface area contributed by atoms with Gasteiger partial charge in [-0.1, -0.05) is 42.0 Å². The van der Waals surface area contributed by atoms with Crippen LogP contribution in [0.3, 0.4) is 0 Å². The minimum atomic E-state index is -1.06. The lowest BCUT2D eigenvalue weighted by molar-refractivity contribution is 0.0562. The number of hydrogen-bond donors (Lipinski definition) is 3. The Balaban J connectivity index is 3.07. The van der Waals surface area contributed by atoms with E-state index in [1.54, 1.807) is 19.1 Å². The molecule has 0 aromatic rings. The van der Waals surface area contributed by atoms with E-state index < -0.39 is 17.8 Å². The first-order valence-corrected chi connectivity index (χ1v) is 8.36. The largest absolute Gasteiger partial charge is 0.389 e. The van der Waals surface area contributed by atoms with Crippen LogP contribution in [0.1, 0.15) is 53.4 Å². The predicted molar refractivity (Wildman–Crippen MR) is 96.1 cm³/mol. The SMILES string of the molecule is C=C(C)[C@H]1C/C=C(\C)C/C=C/[C@](C)(O)C[C@@H](O)/C=C(\C)[C@@H](O)C1. The molecule has 0 fully saturated rings. The molecule has 0 saturated carbocycles. The topological polar surface area (TPSA) is 60.7 Å². The van der Waals surface area contributed by atoms with Crippen LogP contribution >= 0.6 is 0 Å². The summed E-state index contributed by atoms with van der Waals surface area (Å²) in [5.74, 6) is 0.218. The normalized spacial score (nSPS) is 40.2. The van der Waals surface area contributed by atoms with Gasteiger partial charge in [-0.2, -0.15) is 0 Å². The Morgan fingerprint density at radius 2 is 1.96 bits per heavy atom. The maximum Gasteiger partial charge on any atom is 0.0827 e. The zero-order chi connectivity index (χ0) is 17.6. The molecule has 23 heavy (non-hydrogen) atoms. The van der Waals surface area contributed by atoms with Crippen molar-refractivity contribution in [1.82, 2.24) is 0 Å². The van der Waals surface area contributed by atoms with Crippen molar-refractivity contribution in [2.45, 2.75) is 71.2 Å². The molecule has 0 aromatic heterocycles. The van der Waals surface area contributed by atoms with Gasteiger partial charge >= 0.3 is 0 Å². The van der Waals surface area contributed by atoms with E-state index >= 15 is 0 Å². The summed E-state index contributed by atoms with van der Waals surface area (Å²) >= 11 is 0. The molecule has 0 heterocycles. The van der Waals surface area contributed by atoms with Gasteiger partial charge in [-0.3, -0.25) is 0 Å². The van der Waals surface area contributed by atoms with Crippen LogP contribution in [0, 0.1) is 5.92 Å². The van der Waals surface area contributed by atoms with Crippen molar-refractivity contribution in [2.75, 3.05) is 0 Å². The third-order valence-electron chi connectivity index (χ3n) is 4.48. The van der Waals surface area contributed by atoms with E-state index in [4.69, 9.17) is 0 Å². The second-order valence-electron chi connectivity index (χ2n) is 7.23. The van der Waals surface area contributed by atoms with Gasteiger partial charge in [-0.05, 0) is 58.4 Å². The molecule has 3 nitrogen and oxygen atoms in total. The van der Waals surface area contributed by atoms with E-state index in [0.29, 0.717) is 6.42 Å². The van der Waals surface area contributed by atoms with Gasteiger partial charge in [0.15, 0.2) is 0 Å². The van der Waals surface area contributed by atoms with Crippen molar-refractivity contribution >= 4 is 0 Å². The van der Waals surface area contributed by atoms with Crippen molar-refractivity contribution in [3.63, 3.8) is 0 Å². The summed E-state index contributed by atoms with van der Waals surface area (Å²) in [4.78, 5) is 0. The molecular formula is C20H32O3. The van der Waals surface area contributed by atoms with Gasteiger partial charge in [0.2, 0.25) is 0 Å². The van der Waals surface area contributed by atoms with Gasteiger partial charge in [-0.15, -0.1) is 0 Å². The van der Waals surface area contributed by atoms with Crippen molar-refractivity contribution < 1.29 is 15.3 Å². The molecule has 0 radical (unpaired) electrons. The molecule has 0 unspecified atom stereocenters. The molecule has 1 aliphatic carbocycles. The Kier molecular flexibility index (Phi) is 7.46. The molecule has 3 heteroatoms. The highest BCUT2D eigenvalue weighted by Crippen LogP contribution is 2.25. The van der Waals surface area contributed by atoms with Crippen LogP contribution in [0.25, 0.3) is 0 Å². The number of aliphatic hydroxyl groups excluding tert-OH is 2. The van der Waals surface area contributed by atoms with Crippen molar-refractivity contribution in [1.29, 1.82) is 0 Å². The molecule has 130 valence electrons. The van der Waals surface area contributed by atoms with Gasteiger partial charge in [0.05, 0.1) is 17.8 Å². The average Bonchev–Trinajstić information content (AvgIpc) is 2.40. The molecule has 4 atom stereocenters. The van der Waals surface area contributed by atoms with Crippen molar-refractivity contribution in [3.05, 3.63) is 47.6 Å². The molecule has 0 bridgehead atoms. The summed E-state index contributed by atoms with van der Waals surface area (Å²) in [5, 5.41) is 30.9. The van der Waals surface area contributed by atoms with Crippen molar-refractivity contribution in [3.8, 4) is 0 Å². The fraction of sp³-hybridized carbons (Fsp3) is 0.600. The molecular weight excluding hydrogens is 288 g/mol. The number of allylic oxidation sites excluding steroid dienone is 4. The Labute approximate surface area is 140 Å². The molecule has 1 rings (SSSR count). The van der Waals surface area contributed by atoms with Gasteiger partial charge < -0.3 is 15.3 Å². The highest BCUT2D eigenvalue weighted by molar-refractivity contribution is 5.15. The van der Waals surface area contributed by atoms with E-state index in [-0.39, 0.29) is 12.3 Å². The third kappa shape index (κ3) is 7.30. The first kappa shape index (κ1) is 19.9. The summed E-state index contributed by atoms with van der Waals surface area (Å²) in [5.41, 5.74) is 1.96. The maximum atomic E-state index is 10.4. The molecule has 0 aromatic carbocycles. The summed E-state index contributed by atoms with van der Waals surface area (Å²) < 4.78 is 0. The fourth-order valence-corrected chi connectivity index (χ4v) is 2.84. The molecule has 0 spiro atoms. The Morgan fingerprint density at radius 3 is 2.57 bits per heavy atom. The van der Waals surface area contributed by atoms with Crippen LogP contribution in [0.2, 0.25) is 0 Å². The van der Waals surface area contributed by atoms with Crippen LogP contribution < -0.4 is 0 Å². The van der Waals surface area contributed by atoms with E-state index in [0.717, 1.165) is 24.0 Å². The van der Waals surface area contributed by atoms with Gasteiger partial charge in [-0.25, -0.2) is 0 Å². The van der Waals surface area contributed by atoms with Crippen LogP contribution in [0.15, 0.2) is 47.6 Å². The van der Waals surface area contributed by atoms with Gasteiger partial charge in [0, 0.05) is 6.42 Å². The minimum Gasteiger partial charge on any atom is -0.389 e. The number of aliphatic hydroxyl groups is 3. The van der Waals surface area contributed by atoms with E-state index in [9.17, 15) is 15.3 Å². The molecule has 0 amide bonds. The van der Waals surface area contributed by atoms with Crippen molar-refractivity contribution in [2.24, 2.45) is 5.92 Å². The average molecular weight is 320 g/mol. The summed E-state index contributed by atoms with van der Waals surface area (Å²) in [6.45, 7) is 11.6. The molecule has 3 N–H and O–H groups in total. The Hall–Kier alpha value is -1.16. The predicted octanol–water partition coefficient (Wildman–Crippen LogP) is 3.67. The zero-order valence-corrected chi connectivity index (χ0v) is 14.9. The zero-order valence-electron chi connectivity index (χ0n) is 14.9. The third-order valence-corrected chi connectivity index (χ3v) is 4.48. The number of hydrogen-bond acceptors (Lipinski definition) is 3. The maximum absolute atomic E-state index is 10.4. The monoisotopic (exact) mass is 320 g/mol. The minimum absolute atomic E-state index is 0.209. The van der Waals surface area contributed by atoms with Gasteiger partial charge in [0.25, 0.3) is 0 Å². The van der Waals surface area contributed by atoms with Crippen LogP contribution in [-0.4, -0.2) is 33.1 Å². The molecule has 0 saturated heterocycles. The van der Waals surface area contributed by atoms with E-state index in [1.807, 2.05) is 19.9 Å². The van der Waals surface area contributed by atoms with Crippen LogP contribution in [-0.2, 0) is 0 Å². The molecule has 0 aliphatic heterocycles. The lowest BCUT2D eigenvalue weighted by Gasteiger charge is -2.24. The summed E-state index contributed by atoms with van der Waals surface area (Å²) in [6, 6.07) is 0. The van der Waals surface area contributed by atoms with E-state index in [1.165, 1.54) is 5.57 Å². The summed E-state index contributed by atoms with van der Waals surface area (Å²) in [6.07, 6.45) is 8.56. The Bertz CT molecular complexity index is 497. The first-order valence-electron chi connectivity index (χ1n) is 8.36. The van der Waals surface area contributed by atoms with E-state index in [2.05, 4.69) is 19.6 Å². The summed E-state index contributed by atoms with van der Waals surface area (Å²) in [7, 11) is 0. The Morgan fingerprint density at radius 1 is 1.30 bits per heavy atom. The quantitative estimate of drug-likeness (QED) is 0.646. The lowest BCUT2D eigenvalue weighted by Crippen LogP contribution is -2.27.